The van der Waals surface area contributed by atoms with Gasteiger partial charge in [-0.2, -0.15) is 0 Å². The Bertz CT molecular complexity index is 566. The van der Waals surface area contributed by atoms with E-state index < -0.39 is 0 Å². The number of benzene rings is 2. The van der Waals surface area contributed by atoms with Gasteiger partial charge in [0, 0.05) is 6.04 Å². The molecule has 0 aliphatic heterocycles. The van der Waals surface area contributed by atoms with E-state index in [1.165, 1.54) is 17.2 Å². The van der Waals surface area contributed by atoms with E-state index in [1.807, 2.05) is 7.05 Å². The molecule has 0 bridgehead atoms. The van der Waals surface area contributed by atoms with Crippen molar-refractivity contribution >= 4 is 11.6 Å². The Labute approximate surface area is 124 Å². The topological polar surface area (TPSA) is 12.0 Å². The molecule has 1 unspecified atom stereocenters. The highest BCUT2D eigenvalue weighted by molar-refractivity contribution is 6.30. The van der Waals surface area contributed by atoms with Gasteiger partial charge in [-0.3, -0.25) is 0 Å². The van der Waals surface area contributed by atoms with Crippen LogP contribution in [0.5, 0.6) is 0 Å². The van der Waals surface area contributed by atoms with E-state index in [0.717, 1.165) is 18.4 Å². The normalized spacial score (nSPS) is 12.4. The Morgan fingerprint density at radius 3 is 2.30 bits per heavy atom. The van der Waals surface area contributed by atoms with Crippen LogP contribution in [0.4, 0.5) is 4.39 Å². The molecule has 0 radical (unpaired) electrons. The van der Waals surface area contributed by atoms with E-state index in [4.69, 9.17) is 11.6 Å². The molecular weight excluding hydrogens is 273 g/mol. The lowest BCUT2D eigenvalue weighted by molar-refractivity contribution is 0.589. The van der Waals surface area contributed by atoms with Crippen molar-refractivity contribution in [1.82, 2.24) is 5.32 Å². The van der Waals surface area contributed by atoms with Crippen molar-refractivity contribution in [2.75, 3.05) is 7.05 Å². The summed E-state index contributed by atoms with van der Waals surface area (Å²) < 4.78 is 13.2. The molecule has 0 aliphatic rings. The third kappa shape index (κ3) is 3.59. The first-order chi connectivity index (χ1) is 9.63. The van der Waals surface area contributed by atoms with Crippen LogP contribution in [-0.2, 0) is 12.8 Å². The summed E-state index contributed by atoms with van der Waals surface area (Å²) in [6, 6.07) is 13.7. The largest absolute Gasteiger partial charge is 0.313 e. The van der Waals surface area contributed by atoms with Crippen molar-refractivity contribution in [2.24, 2.45) is 0 Å². The highest BCUT2D eigenvalue weighted by atomic mass is 35.5. The van der Waals surface area contributed by atoms with Crippen LogP contribution in [-0.4, -0.2) is 7.05 Å². The summed E-state index contributed by atoms with van der Waals surface area (Å²) in [4.78, 5) is 0. The maximum absolute atomic E-state index is 13.2. The molecule has 0 amide bonds. The van der Waals surface area contributed by atoms with Crippen LogP contribution < -0.4 is 5.32 Å². The van der Waals surface area contributed by atoms with Gasteiger partial charge in [0.2, 0.25) is 0 Å². The Morgan fingerprint density at radius 2 is 1.75 bits per heavy atom. The van der Waals surface area contributed by atoms with Crippen molar-refractivity contribution in [3.05, 3.63) is 70.0 Å². The summed E-state index contributed by atoms with van der Waals surface area (Å²) in [6.07, 6.45) is 1.82. The Kier molecular flexibility index (Phi) is 5.16. The van der Waals surface area contributed by atoms with Crippen LogP contribution in [0, 0.1) is 5.82 Å². The standard InChI is InChI=1S/C17H19ClFN/c1-3-12-4-7-14(8-5-12)17(20-2)11-13-6-9-16(19)15(18)10-13/h4-10,17,20H,3,11H2,1-2H3. The molecule has 0 fully saturated rings. The second-order valence-electron chi connectivity index (χ2n) is 4.89. The van der Waals surface area contributed by atoms with E-state index in [-0.39, 0.29) is 16.9 Å². The summed E-state index contributed by atoms with van der Waals surface area (Å²) in [5.41, 5.74) is 3.58. The molecule has 1 nitrogen and oxygen atoms in total. The number of likely N-dealkylation sites (N-methyl/N-ethyl adjacent to an activating group) is 1. The highest BCUT2D eigenvalue weighted by Crippen LogP contribution is 2.22. The van der Waals surface area contributed by atoms with E-state index in [2.05, 4.69) is 36.5 Å². The third-order valence-electron chi connectivity index (χ3n) is 3.56. The monoisotopic (exact) mass is 291 g/mol. The summed E-state index contributed by atoms with van der Waals surface area (Å²) in [5.74, 6) is -0.372. The zero-order chi connectivity index (χ0) is 14.5. The van der Waals surface area contributed by atoms with Gasteiger partial charge in [0.15, 0.2) is 0 Å². The molecule has 2 rings (SSSR count). The van der Waals surface area contributed by atoms with Crippen molar-refractivity contribution in [1.29, 1.82) is 0 Å². The van der Waals surface area contributed by atoms with E-state index in [0.29, 0.717) is 0 Å². The lowest BCUT2D eigenvalue weighted by Gasteiger charge is -2.17. The fourth-order valence-electron chi connectivity index (χ4n) is 2.27. The van der Waals surface area contributed by atoms with E-state index >= 15 is 0 Å². The van der Waals surface area contributed by atoms with Gasteiger partial charge in [-0.1, -0.05) is 48.9 Å². The second-order valence-corrected chi connectivity index (χ2v) is 5.30. The minimum absolute atomic E-state index is 0.179. The smallest absolute Gasteiger partial charge is 0.141 e. The minimum Gasteiger partial charge on any atom is -0.313 e. The summed E-state index contributed by atoms with van der Waals surface area (Å²) in [6.45, 7) is 2.14. The van der Waals surface area contributed by atoms with Crippen molar-refractivity contribution < 1.29 is 4.39 Å². The van der Waals surface area contributed by atoms with Crippen molar-refractivity contribution in [3.63, 3.8) is 0 Å². The van der Waals surface area contributed by atoms with Gasteiger partial charge in [-0.05, 0) is 48.7 Å². The molecule has 106 valence electrons. The van der Waals surface area contributed by atoms with Crippen LogP contribution in [0.15, 0.2) is 42.5 Å². The van der Waals surface area contributed by atoms with Crippen LogP contribution in [0.1, 0.15) is 29.7 Å². The van der Waals surface area contributed by atoms with Crippen LogP contribution in [0.2, 0.25) is 5.02 Å². The first-order valence-electron chi connectivity index (χ1n) is 6.84. The van der Waals surface area contributed by atoms with Crippen LogP contribution in [0.3, 0.4) is 0 Å². The number of nitrogens with one attached hydrogen (secondary N) is 1. The second kappa shape index (κ2) is 6.87. The zero-order valence-electron chi connectivity index (χ0n) is 11.8. The molecule has 0 saturated heterocycles. The van der Waals surface area contributed by atoms with Gasteiger partial charge >= 0.3 is 0 Å². The molecule has 3 heteroatoms. The lowest BCUT2D eigenvalue weighted by Crippen LogP contribution is -2.18. The number of rotatable bonds is 5. The molecule has 0 aromatic heterocycles. The van der Waals surface area contributed by atoms with Gasteiger partial charge in [-0.15, -0.1) is 0 Å². The maximum Gasteiger partial charge on any atom is 0.141 e. The van der Waals surface area contributed by atoms with Gasteiger partial charge < -0.3 is 5.32 Å². The molecule has 2 aromatic rings. The summed E-state index contributed by atoms with van der Waals surface area (Å²) in [5, 5.41) is 3.48. The summed E-state index contributed by atoms with van der Waals surface area (Å²) in [7, 11) is 1.93. The van der Waals surface area contributed by atoms with E-state index in [1.54, 1.807) is 12.1 Å². The van der Waals surface area contributed by atoms with Crippen molar-refractivity contribution in [3.8, 4) is 0 Å². The minimum atomic E-state index is -0.372. The maximum atomic E-state index is 13.2. The van der Waals surface area contributed by atoms with Gasteiger partial charge in [0.25, 0.3) is 0 Å². The molecule has 0 aliphatic carbocycles. The molecule has 2 aromatic carbocycles. The number of hydrogen-bond donors (Lipinski definition) is 1. The Hall–Kier alpha value is -1.38. The first-order valence-corrected chi connectivity index (χ1v) is 7.22. The van der Waals surface area contributed by atoms with Gasteiger partial charge in [-0.25, -0.2) is 4.39 Å². The molecular formula is C17H19ClFN. The van der Waals surface area contributed by atoms with Crippen LogP contribution in [0.25, 0.3) is 0 Å². The van der Waals surface area contributed by atoms with Crippen molar-refractivity contribution in [2.45, 2.75) is 25.8 Å². The molecule has 20 heavy (non-hydrogen) atoms. The number of hydrogen-bond acceptors (Lipinski definition) is 1. The van der Waals surface area contributed by atoms with Gasteiger partial charge in [0.1, 0.15) is 5.82 Å². The number of halogens is 2. The fraction of sp³-hybridized carbons (Fsp3) is 0.294. The summed E-state index contributed by atoms with van der Waals surface area (Å²) >= 11 is 5.83. The molecule has 1 atom stereocenters. The molecule has 1 N–H and O–H groups in total. The molecule has 0 spiro atoms. The SMILES string of the molecule is CCc1ccc(C(Cc2ccc(F)c(Cl)c2)NC)cc1. The molecule has 0 saturated carbocycles. The average Bonchev–Trinajstić information content (AvgIpc) is 2.48. The first kappa shape index (κ1) is 15.0. The lowest BCUT2D eigenvalue weighted by atomic mass is 9.97. The number of aryl methyl sites for hydroxylation is 1. The average molecular weight is 292 g/mol. The highest BCUT2D eigenvalue weighted by Gasteiger charge is 2.11. The third-order valence-corrected chi connectivity index (χ3v) is 3.85. The van der Waals surface area contributed by atoms with Gasteiger partial charge in [0.05, 0.1) is 5.02 Å². The quantitative estimate of drug-likeness (QED) is 0.852. The van der Waals surface area contributed by atoms with Crippen LogP contribution >= 0.6 is 11.6 Å². The zero-order valence-corrected chi connectivity index (χ0v) is 12.5. The Balaban J connectivity index is 2.16. The van der Waals surface area contributed by atoms with E-state index in [9.17, 15) is 4.39 Å². The Morgan fingerprint density at radius 1 is 1.10 bits per heavy atom. The predicted molar refractivity (Wildman–Crippen MR) is 82.7 cm³/mol. The predicted octanol–water partition coefficient (Wildman–Crippen LogP) is 4.54. The fourth-order valence-corrected chi connectivity index (χ4v) is 2.48. The molecule has 0 heterocycles.